The molecule has 0 amide bonds. The van der Waals surface area contributed by atoms with Gasteiger partial charge in [-0.1, -0.05) is 20.8 Å². The molecule has 2 rings (SSSR count). The van der Waals surface area contributed by atoms with E-state index in [-0.39, 0.29) is 28.7 Å². The Hall–Kier alpha value is -0.690. The Morgan fingerprint density at radius 2 is 2.24 bits per heavy atom. The van der Waals surface area contributed by atoms with Gasteiger partial charge in [-0.2, -0.15) is 5.26 Å². The van der Waals surface area contributed by atoms with E-state index < -0.39 is 0 Å². The van der Waals surface area contributed by atoms with Crippen LogP contribution in [0.1, 0.15) is 40.0 Å². The summed E-state index contributed by atoms with van der Waals surface area (Å²) in [5, 5.41) is 10.3. The summed E-state index contributed by atoms with van der Waals surface area (Å²) in [5.41, 5.74) is 0.237. The maximum atomic E-state index is 11.7. The molecule has 2 fully saturated rings. The van der Waals surface area contributed by atoms with E-state index in [0.29, 0.717) is 5.92 Å². The maximum Gasteiger partial charge on any atom is 0.317 e. The number of carbonyl (C=O) groups is 1. The first kappa shape index (κ1) is 12.8. The van der Waals surface area contributed by atoms with Crippen molar-refractivity contribution in [1.29, 1.82) is 5.26 Å². The van der Waals surface area contributed by atoms with Crippen molar-refractivity contribution in [2.45, 2.75) is 46.1 Å². The lowest BCUT2D eigenvalue weighted by molar-refractivity contribution is -0.161. The summed E-state index contributed by atoms with van der Waals surface area (Å²) in [6.07, 6.45) is 3.60. The third-order valence-corrected chi connectivity index (χ3v) is 5.15. The van der Waals surface area contributed by atoms with E-state index in [1.54, 1.807) is 0 Å². The molecule has 2 saturated carbocycles. The first-order valence-electron chi connectivity index (χ1n) is 6.10. The molecule has 94 valence electrons. The summed E-state index contributed by atoms with van der Waals surface area (Å²) in [7, 11) is 0. The Bertz CT molecular complexity index is 369. The molecule has 0 aromatic heterocycles. The zero-order valence-electron chi connectivity index (χ0n) is 10.7. The number of carbonyl (C=O) groups excluding carboxylic acids is 1. The number of nitriles is 1. The second kappa shape index (κ2) is 4.20. The smallest absolute Gasteiger partial charge is 0.317 e. The van der Waals surface area contributed by atoms with Gasteiger partial charge in [0, 0.05) is 10.8 Å². The summed E-state index contributed by atoms with van der Waals surface area (Å²) >= 11 is 0.950. The summed E-state index contributed by atoms with van der Waals surface area (Å²) in [5.74, 6) is 0.571. The molecule has 2 aliphatic carbocycles. The minimum Gasteiger partial charge on any atom is -0.461 e. The van der Waals surface area contributed by atoms with Crippen LogP contribution in [0.2, 0.25) is 0 Å². The van der Waals surface area contributed by atoms with Crippen molar-refractivity contribution in [3.8, 4) is 5.40 Å². The number of thiocyanates is 1. The predicted molar refractivity (Wildman–Crippen MR) is 67.2 cm³/mol. The average molecular weight is 253 g/mol. The number of nitrogens with zero attached hydrogens (tertiary/aromatic N) is 1. The van der Waals surface area contributed by atoms with E-state index in [0.717, 1.165) is 18.2 Å². The van der Waals surface area contributed by atoms with Gasteiger partial charge < -0.3 is 4.74 Å². The third kappa shape index (κ3) is 2.06. The summed E-state index contributed by atoms with van der Waals surface area (Å²) in [6.45, 7) is 6.64. The first-order valence-corrected chi connectivity index (χ1v) is 7.09. The van der Waals surface area contributed by atoms with Crippen molar-refractivity contribution in [3.63, 3.8) is 0 Å². The molecule has 0 spiro atoms. The Morgan fingerprint density at radius 3 is 2.76 bits per heavy atom. The zero-order chi connectivity index (χ0) is 12.7. The number of fused-ring (bicyclic) bond motifs is 2. The molecule has 3 unspecified atom stereocenters. The van der Waals surface area contributed by atoms with Crippen LogP contribution < -0.4 is 0 Å². The van der Waals surface area contributed by atoms with Crippen molar-refractivity contribution in [3.05, 3.63) is 0 Å². The van der Waals surface area contributed by atoms with E-state index >= 15 is 0 Å². The van der Waals surface area contributed by atoms with Crippen LogP contribution in [0, 0.1) is 27.4 Å². The summed E-state index contributed by atoms with van der Waals surface area (Å²) in [4.78, 5) is 11.7. The molecular formula is C13H19NO2S. The molecule has 0 N–H and O–H groups in total. The fourth-order valence-corrected chi connectivity index (χ4v) is 4.06. The quantitative estimate of drug-likeness (QED) is 0.573. The number of rotatable bonds is 3. The lowest BCUT2D eigenvalue weighted by Gasteiger charge is -2.41. The number of ether oxygens (including phenoxy) is 1. The monoisotopic (exact) mass is 253 g/mol. The SMILES string of the molecule is CC12CCC(C1)C(C)(C)C2OC(=O)CSC#N. The van der Waals surface area contributed by atoms with Gasteiger partial charge in [0.2, 0.25) is 0 Å². The van der Waals surface area contributed by atoms with Crippen LogP contribution in [0.25, 0.3) is 0 Å². The molecule has 3 nitrogen and oxygen atoms in total. The summed E-state index contributed by atoms with van der Waals surface area (Å²) < 4.78 is 5.65. The van der Waals surface area contributed by atoms with Gasteiger partial charge in [0.1, 0.15) is 17.3 Å². The van der Waals surface area contributed by atoms with E-state index in [1.807, 2.05) is 5.40 Å². The van der Waals surface area contributed by atoms with Crippen molar-refractivity contribution >= 4 is 17.7 Å². The van der Waals surface area contributed by atoms with Crippen molar-refractivity contribution in [2.75, 3.05) is 5.75 Å². The minimum absolute atomic E-state index is 0.0144. The average Bonchev–Trinajstić information content (AvgIpc) is 2.73. The van der Waals surface area contributed by atoms with Crippen LogP contribution in [0.15, 0.2) is 0 Å². The largest absolute Gasteiger partial charge is 0.461 e. The molecular weight excluding hydrogens is 234 g/mol. The second-order valence-corrected chi connectivity index (χ2v) is 6.92. The van der Waals surface area contributed by atoms with Gasteiger partial charge in [-0.05, 0) is 36.9 Å². The van der Waals surface area contributed by atoms with Crippen molar-refractivity contribution < 1.29 is 9.53 Å². The molecule has 0 aliphatic heterocycles. The predicted octanol–water partition coefficient (Wildman–Crippen LogP) is 2.96. The molecule has 3 atom stereocenters. The number of hydrogen-bond acceptors (Lipinski definition) is 4. The highest BCUT2D eigenvalue weighted by molar-refractivity contribution is 8.04. The van der Waals surface area contributed by atoms with E-state index in [1.165, 1.54) is 12.8 Å². The molecule has 0 saturated heterocycles. The Balaban J connectivity index is 2.05. The van der Waals surface area contributed by atoms with Crippen LogP contribution in [0.3, 0.4) is 0 Å². The maximum absolute atomic E-state index is 11.7. The van der Waals surface area contributed by atoms with Crippen molar-refractivity contribution in [1.82, 2.24) is 0 Å². The van der Waals surface area contributed by atoms with Crippen LogP contribution >= 0.6 is 11.8 Å². The van der Waals surface area contributed by atoms with Gasteiger partial charge in [-0.25, -0.2) is 0 Å². The highest BCUT2D eigenvalue weighted by Gasteiger charge is 2.61. The Kier molecular flexibility index (Phi) is 3.15. The lowest BCUT2D eigenvalue weighted by atomic mass is 9.70. The highest BCUT2D eigenvalue weighted by Crippen LogP contribution is 2.63. The normalized spacial score (nSPS) is 37.8. The number of hydrogen-bond donors (Lipinski definition) is 0. The molecule has 0 radical (unpaired) electrons. The van der Waals surface area contributed by atoms with E-state index in [9.17, 15) is 4.79 Å². The van der Waals surface area contributed by atoms with Gasteiger partial charge in [0.15, 0.2) is 0 Å². The van der Waals surface area contributed by atoms with Crippen molar-refractivity contribution in [2.24, 2.45) is 16.7 Å². The summed E-state index contributed by atoms with van der Waals surface area (Å²) in [6, 6.07) is 0. The molecule has 0 aromatic rings. The minimum atomic E-state index is -0.247. The number of esters is 1. The van der Waals surface area contributed by atoms with Gasteiger partial charge in [-0.3, -0.25) is 4.79 Å². The number of thioether (sulfide) groups is 1. The third-order valence-electron chi connectivity index (χ3n) is 4.64. The van der Waals surface area contributed by atoms with E-state index in [2.05, 4.69) is 20.8 Å². The fourth-order valence-electron chi connectivity index (χ4n) is 3.81. The lowest BCUT2D eigenvalue weighted by Crippen LogP contribution is -2.43. The van der Waals surface area contributed by atoms with Gasteiger partial charge in [-0.15, -0.1) is 0 Å². The van der Waals surface area contributed by atoms with Gasteiger partial charge >= 0.3 is 5.97 Å². The van der Waals surface area contributed by atoms with Crippen LogP contribution in [0.4, 0.5) is 0 Å². The van der Waals surface area contributed by atoms with Crippen LogP contribution in [-0.4, -0.2) is 17.8 Å². The first-order chi connectivity index (χ1) is 7.90. The fraction of sp³-hybridized carbons (Fsp3) is 0.846. The van der Waals surface area contributed by atoms with Gasteiger partial charge in [0.05, 0.1) is 0 Å². The topological polar surface area (TPSA) is 50.1 Å². The molecule has 2 bridgehead atoms. The molecule has 17 heavy (non-hydrogen) atoms. The second-order valence-electron chi connectivity index (χ2n) is 6.16. The highest BCUT2D eigenvalue weighted by atomic mass is 32.2. The molecule has 2 aliphatic rings. The van der Waals surface area contributed by atoms with Gasteiger partial charge in [0.25, 0.3) is 0 Å². The Morgan fingerprint density at radius 1 is 1.53 bits per heavy atom. The molecule has 4 heteroatoms. The Labute approximate surface area is 107 Å². The van der Waals surface area contributed by atoms with Crippen LogP contribution in [0.5, 0.6) is 0 Å². The van der Waals surface area contributed by atoms with E-state index in [4.69, 9.17) is 10.00 Å². The zero-order valence-corrected chi connectivity index (χ0v) is 11.5. The molecule has 0 aromatic carbocycles. The standard InChI is InChI=1S/C13H19NO2S/c1-12(2)9-4-5-13(3,6-9)11(12)16-10(15)7-17-8-14/h9,11H,4-7H2,1-3H3. The van der Waals surface area contributed by atoms with Crippen LogP contribution in [-0.2, 0) is 9.53 Å². The molecule has 0 heterocycles.